The zero-order valence-corrected chi connectivity index (χ0v) is 15.4. The molecule has 0 aromatic rings. The molecule has 0 heterocycles. The van der Waals surface area contributed by atoms with Crippen LogP contribution in [0.1, 0.15) is 19.3 Å². The third-order valence-corrected chi connectivity index (χ3v) is 4.74. The fourth-order valence-electron chi connectivity index (χ4n) is 2.77. The highest BCUT2D eigenvalue weighted by Crippen LogP contribution is 2.47. The van der Waals surface area contributed by atoms with Crippen LogP contribution in [0.2, 0.25) is 0 Å². The molecule has 1 aliphatic carbocycles. The molecule has 0 amide bonds. The van der Waals surface area contributed by atoms with E-state index >= 15 is 0 Å². The van der Waals surface area contributed by atoms with E-state index in [-0.39, 0.29) is 39.0 Å². The molecule has 166 valence electrons. The Kier molecular flexibility index (Phi) is 16.5. The summed E-state index contributed by atoms with van der Waals surface area (Å²) < 4.78 is 0. The Morgan fingerprint density at radius 1 is 0.704 bits per heavy atom. The molecule has 1 saturated carbocycles. The summed E-state index contributed by atoms with van der Waals surface area (Å²) in [6, 6.07) is 0. The molecule has 0 aromatic carbocycles. The summed E-state index contributed by atoms with van der Waals surface area (Å²) in [5, 5.41) is 95.4. The summed E-state index contributed by atoms with van der Waals surface area (Å²) in [6.45, 7) is -3.05. The van der Waals surface area contributed by atoms with Crippen molar-refractivity contribution in [2.75, 3.05) is 52.9 Å². The van der Waals surface area contributed by atoms with E-state index in [0.29, 0.717) is 19.3 Å². The van der Waals surface area contributed by atoms with Crippen molar-refractivity contribution < 1.29 is 56.2 Å². The van der Waals surface area contributed by atoms with Crippen LogP contribution in [0.15, 0.2) is 0 Å². The third-order valence-electron chi connectivity index (χ3n) is 4.74. The fraction of sp³-hybridized carbons (Fsp3) is 1.00. The highest BCUT2D eigenvalue weighted by Gasteiger charge is 2.55. The van der Waals surface area contributed by atoms with E-state index in [1.54, 1.807) is 0 Å². The predicted octanol–water partition coefficient (Wildman–Crippen LogP) is -4.86. The minimum absolute atomic E-state index is 0.205. The Bertz CT molecular complexity index is 322. The van der Waals surface area contributed by atoms with Gasteiger partial charge in [0, 0.05) is 6.61 Å². The molecule has 0 aliphatic heterocycles. The van der Waals surface area contributed by atoms with E-state index in [9.17, 15) is 25.5 Å². The van der Waals surface area contributed by atoms with Crippen LogP contribution in [-0.2, 0) is 0 Å². The molecule has 2 atom stereocenters. The van der Waals surface area contributed by atoms with Crippen molar-refractivity contribution in [3.63, 3.8) is 0 Å². The topological polar surface area (TPSA) is 223 Å². The van der Waals surface area contributed by atoms with Gasteiger partial charge in [0.25, 0.3) is 0 Å². The standard InChI is InChI=1S/C10H20O5.2C3H8O3/c11-4-8-2-1-3-10(15,7-14)9(8,5-12)6-13;2*4-1-3(6)2-5/h8,11-15H,1-7H2;2*3-6H,1-2H2. The third kappa shape index (κ3) is 8.62. The molecule has 11 nitrogen and oxygen atoms in total. The van der Waals surface area contributed by atoms with Crippen LogP contribution in [0.3, 0.4) is 0 Å². The first-order valence-electron chi connectivity index (χ1n) is 8.67. The van der Waals surface area contributed by atoms with Crippen molar-refractivity contribution in [2.45, 2.75) is 37.1 Å². The van der Waals surface area contributed by atoms with E-state index in [2.05, 4.69) is 0 Å². The lowest BCUT2D eigenvalue weighted by molar-refractivity contribution is -0.208. The Labute approximate surface area is 158 Å². The summed E-state index contributed by atoms with van der Waals surface area (Å²) in [4.78, 5) is 0. The maximum Gasteiger partial charge on any atom is 0.100 e. The van der Waals surface area contributed by atoms with Crippen molar-refractivity contribution in [3.8, 4) is 0 Å². The van der Waals surface area contributed by atoms with Crippen molar-refractivity contribution in [2.24, 2.45) is 11.3 Å². The molecule has 27 heavy (non-hydrogen) atoms. The van der Waals surface area contributed by atoms with Crippen LogP contribution in [-0.4, -0.2) is 127 Å². The summed E-state index contributed by atoms with van der Waals surface area (Å²) in [5.74, 6) is -0.376. The number of hydrogen-bond acceptors (Lipinski definition) is 11. The van der Waals surface area contributed by atoms with Gasteiger partial charge in [-0.05, 0) is 18.8 Å². The fourth-order valence-corrected chi connectivity index (χ4v) is 2.77. The van der Waals surface area contributed by atoms with Gasteiger partial charge in [0.15, 0.2) is 0 Å². The van der Waals surface area contributed by atoms with Gasteiger partial charge in [0.05, 0.1) is 57.3 Å². The maximum atomic E-state index is 10.2. The summed E-state index contributed by atoms with van der Waals surface area (Å²) in [5.41, 5.74) is -2.70. The Morgan fingerprint density at radius 2 is 1.11 bits per heavy atom. The van der Waals surface area contributed by atoms with Crippen LogP contribution in [0, 0.1) is 11.3 Å². The van der Waals surface area contributed by atoms with Gasteiger partial charge in [-0.2, -0.15) is 0 Å². The molecule has 0 bridgehead atoms. The second kappa shape index (κ2) is 15.5. The molecular formula is C16H36O11. The molecule has 0 radical (unpaired) electrons. The van der Waals surface area contributed by atoms with Gasteiger partial charge in [-0.1, -0.05) is 6.42 Å². The van der Waals surface area contributed by atoms with Crippen LogP contribution < -0.4 is 0 Å². The van der Waals surface area contributed by atoms with E-state index in [1.807, 2.05) is 0 Å². The van der Waals surface area contributed by atoms with Crippen LogP contribution in [0.5, 0.6) is 0 Å². The molecular weight excluding hydrogens is 368 g/mol. The smallest absolute Gasteiger partial charge is 0.100 e. The Morgan fingerprint density at radius 3 is 1.33 bits per heavy atom. The van der Waals surface area contributed by atoms with E-state index < -0.39 is 43.0 Å². The lowest BCUT2D eigenvalue weighted by atomic mass is 9.58. The first-order valence-corrected chi connectivity index (χ1v) is 8.67. The number of aliphatic hydroxyl groups is 11. The van der Waals surface area contributed by atoms with Gasteiger partial charge in [-0.15, -0.1) is 0 Å². The average molecular weight is 404 g/mol. The lowest BCUT2D eigenvalue weighted by Crippen LogP contribution is -2.62. The van der Waals surface area contributed by atoms with E-state index in [0.717, 1.165) is 0 Å². The summed E-state index contributed by atoms with van der Waals surface area (Å²) >= 11 is 0. The van der Waals surface area contributed by atoms with Crippen molar-refractivity contribution in [1.29, 1.82) is 0 Å². The minimum Gasteiger partial charge on any atom is -0.396 e. The molecule has 11 N–H and O–H groups in total. The second-order valence-electron chi connectivity index (χ2n) is 6.47. The molecule has 2 unspecified atom stereocenters. The number of aliphatic hydroxyl groups excluding tert-OH is 10. The molecule has 11 heteroatoms. The SMILES string of the molecule is OCC(O)CO.OCC(O)CO.OCC1CCCC(O)(CO)C1(CO)CO. The van der Waals surface area contributed by atoms with Crippen LogP contribution >= 0.6 is 0 Å². The molecule has 0 spiro atoms. The zero-order valence-electron chi connectivity index (χ0n) is 15.4. The largest absolute Gasteiger partial charge is 0.396 e. The van der Waals surface area contributed by atoms with Gasteiger partial charge in [-0.25, -0.2) is 0 Å². The highest BCUT2D eigenvalue weighted by molar-refractivity contribution is 5.05. The molecule has 0 aromatic heterocycles. The minimum atomic E-state index is -1.50. The maximum absolute atomic E-state index is 10.2. The first-order chi connectivity index (χ1) is 12.7. The summed E-state index contributed by atoms with van der Waals surface area (Å²) in [7, 11) is 0. The lowest BCUT2D eigenvalue weighted by Gasteiger charge is -2.52. The van der Waals surface area contributed by atoms with Gasteiger partial charge in [0.1, 0.15) is 12.2 Å². The quantitative estimate of drug-likeness (QED) is 0.184. The van der Waals surface area contributed by atoms with Crippen molar-refractivity contribution >= 4 is 0 Å². The van der Waals surface area contributed by atoms with E-state index in [1.165, 1.54) is 0 Å². The monoisotopic (exact) mass is 404 g/mol. The van der Waals surface area contributed by atoms with Crippen LogP contribution in [0.4, 0.5) is 0 Å². The Balaban J connectivity index is 0. The first kappa shape index (κ1) is 28.8. The molecule has 1 rings (SSSR count). The molecule has 1 aliphatic rings. The zero-order chi connectivity index (χ0) is 21.5. The second-order valence-corrected chi connectivity index (χ2v) is 6.47. The molecule has 1 fully saturated rings. The summed E-state index contributed by atoms with van der Waals surface area (Å²) in [6.07, 6.45) is -0.263. The van der Waals surface area contributed by atoms with Gasteiger partial charge in [-0.3, -0.25) is 0 Å². The van der Waals surface area contributed by atoms with Gasteiger partial charge >= 0.3 is 0 Å². The van der Waals surface area contributed by atoms with Crippen molar-refractivity contribution in [1.82, 2.24) is 0 Å². The van der Waals surface area contributed by atoms with Gasteiger partial charge < -0.3 is 56.2 Å². The normalized spacial score (nSPS) is 24.1. The average Bonchev–Trinajstić information content (AvgIpc) is 2.73. The van der Waals surface area contributed by atoms with Gasteiger partial charge in [0.2, 0.25) is 0 Å². The number of hydrogen-bond donors (Lipinski definition) is 11. The van der Waals surface area contributed by atoms with E-state index in [4.69, 9.17) is 30.6 Å². The highest BCUT2D eigenvalue weighted by atomic mass is 16.4. The molecule has 0 saturated heterocycles. The van der Waals surface area contributed by atoms with Crippen molar-refractivity contribution in [3.05, 3.63) is 0 Å². The Hall–Kier alpha value is -0.440. The van der Waals surface area contributed by atoms with Crippen LogP contribution in [0.25, 0.3) is 0 Å². The number of rotatable bonds is 8. The predicted molar refractivity (Wildman–Crippen MR) is 93.4 cm³/mol.